The normalized spacial score (nSPS) is 26.5. The number of nitrogens with one attached hydrogen (secondary N) is 1. The largest absolute Gasteiger partial charge is 0.444 e. The molecular weight excluding hydrogens is 622 g/mol. The number of carbonyl (C=O) groups excluding carboxylic acids is 4. The van der Waals surface area contributed by atoms with E-state index in [4.69, 9.17) is 27.8 Å². The molecule has 0 bridgehead atoms. The van der Waals surface area contributed by atoms with E-state index in [-0.39, 0.29) is 18.9 Å². The van der Waals surface area contributed by atoms with Gasteiger partial charge in [0.1, 0.15) is 12.1 Å². The first-order valence-corrected chi connectivity index (χ1v) is 17.5. The number of sulfonamides is 1. The van der Waals surface area contributed by atoms with E-state index in [2.05, 4.69) is 4.72 Å². The third-order valence-corrected chi connectivity index (χ3v) is 11.6. The fourth-order valence-electron chi connectivity index (χ4n) is 6.17. The Morgan fingerprint density at radius 3 is 2.62 bits per heavy atom. The number of ether oxygens (including phenoxy) is 1. The molecule has 2 aliphatic carbocycles. The van der Waals surface area contributed by atoms with E-state index >= 15 is 0 Å². The maximum atomic E-state index is 13.2. The zero-order valence-corrected chi connectivity index (χ0v) is 27.0. The second-order valence-corrected chi connectivity index (χ2v) is 15.3. The minimum absolute atomic E-state index is 0.0184. The van der Waals surface area contributed by atoms with E-state index in [1.807, 2.05) is 24.3 Å². The lowest BCUT2D eigenvalue weighted by molar-refractivity contribution is -0.138. The highest BCUT2D eigenvalue weighted by atomic mass is 35.5. The molecule has 2 aliphatic heterocycles. The molecule has 14 heteroatoms. The van der Waals surface area contributed by atoms with Crippen molar-refractivity contribution in [1.82, 2.24) is 14.5 Å². The molecule has 0 unspecified atom stereocenters. The summed E-state index contributed by atoms with van der Waals surface area (Å²) in [6.07, 6.45) is 8.34. The Kier molecular flexibility index (Phi) is 9.81. The predicted molar refractivity (Wildman–Crippen MR) is 167 cm³/mol. The lowest BCUT2D eigenvalue weighted by Gasteiger charge is -2.25. The first-order chi connectivity index (χ1) is 21.3. The van der Waals surface area contributed by atoms with Gasteiger partial charge in [0.2, 0.25) is 27.7 Å². The Balaban J connectivity index is 1.00. The first-order valence-electron chi connectivity index (χ1n) is 15.6. The molecule has 2 saturated carbocycles. The summed E-state index contributed by atoms with van der Waals surface area (Å²) < 4.78 is 32.1. The van der Waals surface area contributed by atoms with Crippen molar-refractivity contribution in [1.29, 1.82) is 0 Å². The molecule has 4 aliphatic rings. The number of hydrogen-bond donors (Lipinski definition) is 3. The van der Waals surface area contributed by atoms with Gasteiger partial charge in [0, 0.05) is 18.0 Å². The Labute approximate surface area is 268 Å². The van der Waals surface area contributed by atoms with Crippen molar-refractivity contribution in [3.05, 3.63) is 46.5 Å². The van der Waals surface area contributed by atoms with Crippen molar-refractivity contribution >= 4 is 45.4 Å². The molecule has 5 N–H and O–H groups in total. The average Bonchev–Trinajstić information content (AvgIpc) is 3.86. The molecule has 4 amide bonds. The smallest absolute Gasteiger partial charge is 0.410 e. The van der Waals surface area contributed by atoms with Crippen molar-refractivity contribution in [2.24, 2.45) is 22.8 Å². The number of nitrogens with two attached hydrogens (primary N) is 2. The predicted octanol–water partition coefficient (Wildman–Crippen LogP) is 2.72. The maximum Gasteiger partial charge on any atom is 0.410 e. The highest BCUT2D eigenvalue weighted by molar-refractivity contribution is 7.90. The number of primary amides is 1. The molecule has 0 aromatic heterocycles. The summed E-state index contributed by atoms with van der Waals surface area (Å²) in [6.45, 7) is 2.53. The van der Waals surface area contributed by atoms with Crippen LogP contribution in [0.5, 0.6) is 0 Å². The van der Waals surface area contributed by atoms with Gasteiger partial charge in [-0.1, -0.05) is 55.7 Å². The molecule has 12 nitrogen and oxygen atoms in total. The number of allylic oxidation sites excluding steroid dienone is 2. The molecule has 0 radical (unpaired) electrons. The molecular formula is C31H42ClN5O7S. The van der Waals surface area contributed by atoms with Crippen molar-refractivity contribution < 1.29 is 32.3 Å². The van der Waals surface area contributed by atoms with Crippen LogP contribution in [0, 0.1) is 11.3 Å². The van der Waals surface area contributed by atoms with Crippen LogP contribution in [-0.4, -0.2) is 72.0 Å². The van der Waals surface area contributed by atoms with Gasteiger partial charge in [-0.15, -0.1) is 0 Å². The molecule has 3 fully saturated rings. The number of fused-ring (bicyclic) bond motifs is 1. The number of halogens is 1. The van der Waals surface area contributed by atoms with E-state index < -0.39 is 62.7 Å². The number of unbranched alkanes of at least 4 members (excludes halogenated alkanes) is 3. The van der Waals surface area contributed by atoms with Crippen LogP contribution in [0.25, 0.3) is 0 Å². The monoisotopic (exact) mass is 663 g/mol. The van der Waals surface area contributed by atoms with Crippen LogP contribution in [0.1, 0.15) is 75.8 Å². The van der Waals surface area contributed by atoms with Gasteiger partial charge in [-0.05, 0) is 61.6 Å². The summed E-state index contributed by atoms with van der Waals surface area (Å²) in [5, 5.41) is 0.162. The zero-order valence-electron chi connectivity index (χ0n) is 25.5. The molecule has 2 heterocycles. The average molecular weight is 664 g/mol. The summed E-state index contributed by atoms with van der Waals surface area (Å²) >= 11 is 6.26. The second-order valence-electron chi connectivity index (χ2n) is 13.0. The minimum atomic E-state index is -3.54. The van der Waals surface area contributed by atoms with Gasteiger partial charge >= 0.3 is 6.09 Å². The molecule has 45 heavy (non-hydrogen) atoms. The Bertz CT molecular complexity index is 1480. The number of rotatable bonds is 13. The third kappa shape index (κ3) is 7.63. The van der Waals surface area contributed by atoms with Gasteiger partial charge in [0.15, 0.2) is 0 Å². The van der Waals surface area contributed by atoms with Crippen LogP contribution in [0.3, 0.4) is 0 Å². The second kappa shape index (κ2) is 13.3. The molecule has 1 aromatic carbocycles. The Morgan fingerprint density at radius 2 is 1.93 bits per heavy atom. The van der Waals surface area contributed by atoms with E-state index in [9.17, 15) is 27.6 Å². The number of carbonyl (C=O) groups is 4. The summed E-state index contributed by atoms with van der Waals surface area (Å²) in [5.41, 5.74) is 13.0. The van der Waals surface area contributed by atoms with Gasteiger partial charge < -0.3 is 21.1 Å². The van der Waals surface area contributed by atoms with Gasteiger partial charge in [-0.25, -0.2) is 13.2 Å². The van der Waals surface area contributed by atoms with Crippen LogP contribution in [0.4, 0.5) is 4.79 Å². The number of hydrogen-bond acceptors (Lipinski definition) is 8. The van der Waals surface area contributed by atoms with Crippen LogP contribution in [-0.2, 0) is 42.2 Å². The molecule has 0 spiro atoms. The fraction of sp³-hybridized carbons (Fsp3) is 0.613. The molecule has 1 aromatic rings. The van der Waals surface area contributed by atoms with Crippen LogP contribution < -0.4 is 16.2 Å². The van der Waals surface area contributed by atoms with Crippen LogP contribution in [0.15, 0.2) is 30.4 Å². The van der Waals surface area contributed by atoms with E-state index in [1.54, 1.807) is 13.0 Å². The standard InChI is InChI=1S/C31H42ClN5O7S/c1-31(29(40)35-45(42,43)22-12-13-22)15-20(31)9-5-3-2-4-6-11-25(33)28(39)37-17-21(14-26(37)27(34)38)44-30(41)36-16-19-8-7-10-24(32)23(19)18-36/h5,7-10,20-22,25-26H,2-4,6,11-18,33H2,1H3,(H2,34,38)(H,35,40)/b9-5-/t20-,21-,25+,26+,31+/m1/s1. The molecule has 5 rings (SSSR count). The first kappa shape index (κ1) is 33.2. The van der Waals surface area contributed by atoms with Crippen molar-refractivity contribution in [3.63, 3.8) is 0 Å². The Hall–Kier alpha value is -3.16. The fourth-order valence-corrected chi connectivity index (χ4v) is 7.84. The Morgan fingerprint density at radius 1 is 1.18 bits per heavy atom. The third-order valence-electron chi connectivity index (χ3n) is 9.42. The van der Waals surface area contributed by atoms with Crippen LogP contribution >= 0.6 is 11.6 Å². The lowest BCUT2D eigenvalue weighted by atomic mass is 10.0. The lowest BCUT2D eigenvalue weighted by Crippen LogP contribution is -2.50. The van der Waals surface area contributed by atoms with Gasteiger partial charge in [-0.3, -0.25) is 24.0 Å². The minimum Gasteiger partial charge on any atom is -0.444 e. The summed E-state index contributed by atoms with van der Waals surface area (Å²) in [4.78, 5) is 53.5. The van der Waals surface area contributed by atoms with E-state index in [1.165, 1.54) is 9.80 Å². The van der Waals surface area contributed by atoms with Gasteiger partial charge in [0.25, 0.3) is 0 Å². The highest BCUT2D eigenvalue weighted by Gasteiger charge is 2.56. The molecule has 1 saturated heterocycles. The van der Waals surface area contributed by atoms with Gasteiger partial charge in [0.05, 0.1) is 29.8 Å². The quantitative estimate of drug-likeness (QED) is 0.213. The maximum absolute atomic E-state index is 13.2. The number of nitrogens with zero attached hydrogens (tertiary/aromatic N) is 2. The zero-order chi connectivity index (χ0) is 32.5. The summed E-state index contributed by atoms with van der Waals surface area (Å²) in [5.74, 6) is -1.47. The van der Waals surface area contributed by atoms with E-state index in [0.717, 1.165) is 30.4 Å². The van der Waals surface area contributed by atoms with Gasteiger partial charge in [-0.2, -0.15) is 0 Å². The summed E-state index contributed by atoms with van der Waals surface area (Å²) in [7, 11) is -3.54. The summed E-state index contributed by atoms with van der Waals surface area (Å²) in [6, 6.07) is 3.79. The highest BCUT2D eigenvalue weighted by Crippen LogP contribution is 2.53. The SMILES string of the molecule is C[C@]1(C(=O)NS(=O)(=O)C2CC2)C[C@H]1/C=C\CCCCC[C@H](N)C(=O)N1C[C@H](OC(=O)N2Cc3cccc(Cl)c3C2)C[C@H]1C(N)=O. The number of benzene rings is 1. The van der Waals surface area contributed by atoms with Crippen molar-refractivity contribution in [3.8, 4) is 0 Å². The van der Waals surface area contributed by atoms with E-state index in [0.29, 0.717) is 50.2 Å². The molecule has 5 atom stereocenters. The number of amides is 4. The van der Waals surface area contributed by atoms with Crippen molar-refractivity contribution in [2.45, 2.75) is 101 Å². The van der Waals surface area contributed by atoms with Crippen molar-refractivity contribution in [2.75, 3.05) is 6.54 Å². The van der Waals surface area contributed by atoms with Crippen LogP contribution in [0.2, 0.25) is 5.02 Å². The molecule has 246 valence electrons. The topological polar surface area (TPSA) is 182 Å². The number of likely N-dealkylation sites (tertiary alicyclic amines) is 1.